The summed E-state index contributed by atoms with van der Waals surface area (Å²) < 4.78 is 0. The van der Waals surface area contributed by atoms with Gasteiger partial charge in [0.25, 0.3) is 0 Å². The number of thiazole rings is 1. The summed E-state index contributed by atoms with van der Waals surface area (Å²) in [6.07, 6.45) is 1.88. The number of nitrogens with zero attached hydrogens (tertiary/aromatic N) is 3. The van der Waals surface area contributed by atoms with Crippen molar-refractivity contribution in [3.8, 4) is 0 Å². The molecule has 1 aliphatic heterocycles. The Bertz CT molecular complexity index is 319. The predicted molar refractivity (Wildman–Crippen MR) is 73.6 cm³/mol. The summed E-state index contributed by atoms with van der Waals surface area (Å²) in [5.74, 6) is 0.571. The van der Waals surface area contributed by atoms with E-state index in [0.717, 1.165) is 37.9 Å². The average molecular weight is 254 g/mol. The maximum Gasteiger partial charge on any atom is 0.185 e. The molecule has 0 aliphatic carbocycles. The van der Waals surface area contributed by atoms with Crippen molar-refractivity contribution < 1.29 is 0 Å². The van der Waals surface area contributed by atoms with Crippen LogP contribution >= 0.6 is 11.3 Å². The summed E-state index contributed by atoms with van der Waals surface area (Å²) in [6, 6.07) is 0.582. The molecule has 17 heavy (non-hydrogen) atoms. The smallest absolute Gasteiger partial charge is 0.185 e. The second-order valence-corrected chi connectivity index (χ2v) is 5.66. The molecule has 0 radical (unpaired) electrons. The molecule has 1 aromatic heterocycles. The lowest BCUT2D eigenvalue weighted by Gasteiger charge is -2.39. The minimum atomic E-state index is 0.571. The third-order valence-electron chi connectivity index (χ3n) is 3.78. The van der Waals surface area contributed by atoms with Gasteiger partial charge in [-0.05, 0) is 19.4 Å². The van der Waals surface area contributed by atoms with Crippen molar-refractivity contribution in [3.05, 3.63) is 11.6 Å². The Morgan fingerprint density at radius 1 is 1.35 bits per heavy atom. The first kappa shape index (κ1) is 12.8. The minimum absolute atomic E-state index is 0.571. The van der Waals surface area contributed by atoms with Crippen molar-refractivity contribution in [2.24, 2.45) is 11.7 Å². The topological polar surface area (TPSA) is 45.4 Å². The van der Waals surface area contributed by atoms with Gasteiger partial charge in [-0.1, -0.05) is 6.92 Å². The van der Waals surface area contributed by atoms with Crippen LogP contribution in [0.5, 0.6) is 0 Å². The highest BCUT2D eigenvalue weighted by atomic mass is 32.1. The fourth-order valence-electron chi connectivity index (χ4n) is 2.25. The maximum absolute atomic E-state index is 5.74. The van der Waals surface area contributed by atoms with E-state index < -0.39 is 0 Å². The van der Waals surface area contributed by atoms with Crippen LogP contribution in [0.4, 0.5) is 5.13 Å². The van der Waals surface area contributed by atoms with Crippen molar-refractivity contribution >= 4 is 16.5 Å². The number of hydrogen-bond acceptors (Lipinski definition) is 5. The molecule has 1 aliphatic rings. The van der Waals surface area contributed by atoms with E-state index in [0.29, 0.717) is 12.0 Å². The van der Waals surface area contributed by atoms with Crippen LogP contribution in [0.3, 0.4) is 0 Å². The quantitative estimate of drug-likeness (QED) is 0.878. The Labute approximate surface area is 107 Å². The molecule has 4 nitrogen and oxygen atoms in total. The van der Waals surface area contributed by atoms with Gasteiger partial charge in [0.05, 0.1) is 0 Å². The number of nitrogens with two attached hydrogens (primary N) is 1. The van der Waals surface area contributed by atoms with Gasteiger partial charge in [-0.15, -0.1) is 11.3 Å². The van der Waals surface area contributed by atoms with Crippen LogP contribution in [0.2, 0.25) is 0 Å². The van der Waals surface area contributed by atoms with Crippen LogP contribution in [0.15, 0.2) is 11.6 Å². The zero-order valence-electron chi connectivity index (χ0n) is 10.7. The molecule has 0 aromatic carbocycles. The molecule has 2 unspecified atom stereocenters. The molecular formula is C12H22N4S. The highest BCUT2D eigenvalue weighted by Crippen LogP contribution is 2.20. The maximum atomic E-state index is 5.74. The minimum Gasteiger partial charge on any atom is -0.346 e. The molecule has 0 saturated carbocycles. The largest absolute Gasteiger partial charge is 0.346 e. The third kappa shape index (κ3) is 2.97. The summed E-state index contributed by atoms with van der Waals surface area (Å²) in [5, 5.41) is 3.20. The van der Waals surface area contributed by atoms with Crippen molar-refractivity contribution in [2.75, 3.05) is 37.6 Å². The Morgan fingerprint density at radius 2 is 2.06 bits per heavy atom. The lowest BCUT2D eigenvalue weighted by Crippen LogP contribution is -2.52. The van der Waals surface area contributed by atoms with Crippen LogP contribution < -0.4 is 10.6 Å². The van der Waals surface area contributed by atoms with E-state index in [-0.39, 0.29) is 0 Å². The molecule has 1 aromatic rings. The van der Waals surface area contributed by atoms with Crippen molar-refractivity contribution in [1.29, 1.82) is 0 Å². The molecule has 5 heteroatoms. The standard InChI is InChI=1S/C12H22N4S/c1-10(9-13)11(2)15-4-6-16(7-5-15)12-14-3-8-17-12/h3,8,10-11H,4-7,9,13H2,1-2H3. The third-order valence-corrected chi connectivity index (χ3v) is 4.61. The Balaban J connectivity index is 1.86. The zero-order valence-corrected chi connectivity index (χ0v) is 11.5. The molecule has 2 heterocycles. The first-order valence-electron chi connectivity index (χ1n) is 6.31. The van der Waals surface area contributed by atoms with E-state index in [9.17, 15) is 0 Å². The molecule has 1 fully saturated rings. The predicted octanol–water partition coefficient (Wildman–Crippen LogP) is 1.25. The zero-order chi connectivity index (χ0) is 12.3. The molecule has 1 saturated heterocycles. The van der Waals surface area contributed by atoms with Crippen molar-refractivity contribution in [3.63, 3.8) is 0 Å². The number of hydrogen-bond donors (Lipinski definition) is 1. The first-order chi connectivity index (χ1) is 8.22. The Morgan fingerprint density at radius 3 is 2.59 bits per heavy atom. The van der Waals surface area contributed by atoms with E-state index in [1.807, 2.05) is 11.6 Å². The van der Waals surface area contributed by atoms with Crippen LogP contribution in [-0.2, 0) is 0 Å². The Hall–Kier alpha value is -0.650. The second-order valence-electron chi connectivity index (χ2n) is 4.79. The highest BCUT2D eigenvalue weighted by Gasteiger charge is 2.24. The van der Waals surface area contributed by atoms with Gasteiger partial charge in [-0.3, -0.25) is 4.90 Å². The van der Waals surface area contributed by atoms with E-state index in [1.54, 1.807) is 11.3 Å². The highest BCUT2D eigenvalue weighted by molar-refractivity contribution is 7.13. The summed E-state index contributed by atoms with van der Waals surface area (Å²) in [5.41, 5.74) is 5.74. The first-order valence-corrected chi connectivity index (χ1v) is 7.19. The molecule has 0 bridgehead atoms. The summed E-state index contributed by atoms with van der Waals surface area (Å²) >= 11 is 1.73. The fourth-order valence-corrected chi connectivity index (χ4v) is 2.95. The Kier molecular flexibility index (Phi) is 4.36. The lowest BCUT2D eigenvalue weighted by atomic mass is 10.0. The average Bonchev–Trinajstić information content (AvgIpc) is 2.91. The van der Waals surface area contributed by atoms with E-state index >= 15 is 0 Å². The van der Waals surface area contributed by atoms with Gasteiger partial charge in [0, 0.05) is 43.8 Å². The number of anilines is 1. The molecule has 0 spiro atoms. The van der Waals surface area contributed by atoms with Crippen molar-refractivity contribution in [1.82, 2.24) is 9.88 Å². The van der Waals surface area contributed by atoms with Gasteiger partial charge in [-0.25, -0.2) is 4.98 Å². The molecule has 2 atom stereocenters. The number of piperazine rings is 1. The molecule has 2 rings (SSSR count). The molecule has 96 valence electrons. The fraction of sp³-hybridized carbons (Fsp3) is 0.750. The lowest BCUT2D eigenvalue weighted by molar-refractivity contribution is 0.155. The van der Waals surface area contributed by atoms with Crippen LogP contribution in [0.1, 0.15) is 13.8 Å². The summed E-state index contributed by atoms with van der Waals surface area (Å²) in [6.45, 7) is 9.68. The number of aromatic nitrogens is 1. The van der Waals surface area contributed by atoms with Gasteiger partial charge in [0.1, 0.15) is 0 Å². The molecule has 2 N–H and O–H groups in total. The normalized spacial score (nSPS) is 21.5. The molecular weight excluding hydrogens is 232 g/mol. The van der Waals surface area contributed by atoms with E-state index in [2.05, 4.69) is 28.6 Å². The van der Waals surface area contributed by atoms with E-state index in [1.165, 1.54) is 0 Å². The van der Waals surface area contributed by atoms with Crippen LogP contribution in [-0.4, -0.2) is 48.6 Å². The van der Waals surface area contributed by atoms with Crippen LogP contribution in [0.25, 0.3) is 0 Å². The van der Waals surface area contributed by atoms with Crippen LogP contribution in [0, 0.1) is 5.92 Å². The van der Waals surface area contributed by atoms with Gasteiger partial charge >= 0.3 is 0 Å². The summed E-state index contributed by atoms with van der Waals surface area (Å²) in [4.78, 5) is 9.29. The van der Waals surface area contributed by atoms with Gasteiger partial charge in [-0.2, -0.15) is 0 Å². The molecule has 0 amide bonds. The van der Waals surface area contributed by atoms with E-state index in [4.69, 9.17) is 5.73 Å². The SMILES string of the molecule is CC(CN)C(C)N1CCN(c2nccs2)CC1. The second kappa shape index (κ2) is 5.80. The van der Waals surface area contributed by atoms with Crippen molar-refractivity contribution in [2.45, 2.75) is 19.9 Å². The van der Waals surface area contributed by atoms with Gasteiger partial charge in [0.2, 0.25) is 0 Å². The number of rotatable bonds is 4. The van der Waals surface area contributed by atoms with Gasteiger partial charge < -0.3 is 10.6 Å². The van der Waals surface area contributed by atoms with Gasteiger partial charge in [0.15, 0.2) is 5.13 Å². The monoisotopic (exact) mass is 254 g/mol. The summed E-state index contributed by atoms with van der Waals surface area (Å²) in [7, 11) is 0.